The minimum absolute atomic E-state index is 0.581. The van der Waals surface area contributed by atoms with Crippen molar-refractivity contribution < 1.29 is 8.83 Å². The van der Waals surface area contributed by atoms with E-state index in [1.165, 1.54) is 54.0 Å². The maximum absolute atomic E-state index is 5.83. The van der Waals surface area contributed by atoms with Gasteiger partial charge in [0.05, 0.1) is 41.9 Å². The van der Waals surface area contributed by atoms with Crippen LogP contribution < -0.4 is 0 Å². The van der Waals surface area contributed by atoms with Crippen molar-refractivity contribution in [1.29, 1.82) is 0 Å². The summed E-state index contributed by atoms with van der Waals surface area (Å²) in [4.78, 5) is 39.7. The van der Waals surface area contributed by atoms with E-state index in [1.807, 2.05) is 143 Å². The molecule has 93 heavy (non-hydrogen) atoms. The molecule has 0 radical (unpaired) electrons. The third-order valence-electron chi connectivity index (χ3n) is 13.7. The van der Waals surface area contributed by atoms with Crippen LogP contribution in [-0.2, 0) is 0 Å². The number of hydrogen-bond donors (Lipinski definition) is 1. The summed E-state index contributed by atoms with van der Waals surface area (Å²) in [6.07, 6.45) is 18.4. The van der Waals surface area contributed by atoms with Crippen molar-refractivity contribution in [2.75, 3.05) is 31.4 Å². The lowest BCUT2D eigenvalue weighted by Crippen LogP contribution is -1.81. The summed E-state index contributed by atoms with van der Waals surface area (Å²) in [5.41, 5.74) is 24.8. The maximum Gasteiger partial charge on any atom is 0.246 e. The van der Waals surface area contributed by atoms with Crippen LogP contribution in [0.15, 0.2) is 189 Å². The van der Waals surface area contributed by atoms with E-state index in [0.29, 0.717) is 11.8 Å². The van der Waals surface area contributed by atoms with E-state index in [1.54, 1.807) is 99.9 Å². The fraction of sp³-hybridized carbons (Fsp3) is 0.227. The van der Waals surface area contributed by atoms with Crippen LogP contribution in [0.25, 0.3) is 98.0 Å². The molecule has 0 spiro atoms. The van der Waals surface area contributed by atoms with Gasteiger partial charge in [0.1, 0.15) is 27.6 Å². The quantitative estimate of drug-likeness (QED) is 0.167. The van der Waals surface area contributed by atoms with Gasteiger partial charge in [-0.25, -0.2) is 24.9 Å². The molecule has 0 saturated heterocycles. The molecule has 10 heterocycles. The highest BCUT2D eigenvalue weighted by molar-refractivity contribution is 7.98. The molecule has 5 aromatic carbocycles. The first-order valence-electron chi connectivity index (χ1n) is 29.9. The van der Waals surface area contributed by atoms with Crippen molar-refractivity contribution in [2.24, 2.45) is 0 Å². The lowest BCUT2D eigenvalue weighted by Gasteiger charge is -1.96. The second-order valence-corrected chi connectivity index (χ2v) is 26.0. The minimum atomic E-state index is 0.581. The standard InChI is InChI=1S/C14H13N3.2C14H12N2O.C13H11NS2.C9H9NS.C4H4S.2C2H6S.C2H6.CH3Cl/c2*1-9-3-4-10(2)13-12(9)16-14(17-13)11-5-7-15-8-6-11;1-9-6-7-10(2)13-12(9)16-14(17-13)11-5-3-4-8-15-11;1-8-5-6-9(2)12-11(8)14-13(16-12)10-4-3-7-15-10;1-6-3-4-7(2)9-8(6)10-5-11-9;1-2-4-5-3-1;2*1-3-2;2*1-2/h3-8H,1-2H3,(H,16,17);2*3-8H,1-2H3;3-7H,1-2H3;3-5H,1-2H3;1-4H;2*1-2H3;1-2H3;1H3. The van der Waals surface area contributed by atoms with Crippen molar-refractivity contribution in [3.8, 4) is 44.3 Å². The molecule has 0 aliphatic carbocycles. The lowest BCUT2D eigenvalue weighted by molar-refractivity contribution is 0.614. The fourth-order valence-corrected chi connectivity index (χ4v) is 12.1. The van der Waals surface area contributed by atoms with Crippen LogP contribution >= 0.6 is 80.5 Å². The number of aromatic amines is 1. The number of thioether (sulfide) groups is 2. The number of H-pyrrole nitrogens is 1. The molecule has 0 bridgehead atoms. The molecule has 0 unspecified atom stereocenters. The molecule has 15 aromatic rings. The Bertz CT molecular complexity index is 4120. The minimum Gasteiger partial charge on any atom is -0.436 e. The van der Waals surface area contributed by atoms with Gasteiger partial charge in [-0.2, -0.15) is 34.9 Å². The molecule has 0 aliphatic heterocycles. The number of nitrogens with one attached hydrogen (secondary N) is 1. The molecular formula is C75H82ClN9O2S6. The average molecular weight is 1370 g/mol. The molecule has 1 N–H and O–H groups in total. The number of halogens is 1. The van der Waals surface area contributed by atoms with Crippen LogP contribution in [0.5, 0.6) is 0 Å². The summed E-state index contributed by atoms with van der Waals surface area (Å²) >= 11 is 15.1. The molecule has 18 heteroatoms. The summed E-state index contributed by atoms with van der Waals surface area (Å²) < 4.78 is 14.3. The number of oxazole rings is 2. The number of thiophene rings is 2. The summed E-state index contributed by atoms with van der Waals surface area (Å²) in [5, 5.41) is 7.32. The number of nitrogens with zero attached hydrogens (tertiary/aromatic N) is 8. The molecule has 0 amide bonds. The number of rotatable bonds is 4. The Morgan fingerprint density at radius 2 is 0.892 bits per heavy atom. The third kappa shape index (κ3) is 20.3. The molecule has 15 rings (SSSR count). The molecular weight excluding hydrogens is 1290 g/mol. The summed E-state index contributed by atoms with van der Waals surface area (Å²) in [7, 11) is 0. The highest BCUT2D eigenvalue weighted by Gasteiger charge is 2.15. The second kappa shape index (κ2) is 38.3. The first kappa shape index (κ1) is 74.2. The first-order chi connectivity index (χ1) is 45.1. The van der Waals surface area contributed by atoms with Gasteiger partial charge in [0.15, 0.2) is 11.2 Å². The van der Waals surface area contributed by atoms with E-state index in [9.17, 15) is 0 Å². The Labute approximate surface area is 577 Å². The number of imidazole rings is 1. The number of hydrogen-bond acceptors (Lipinski definition) is 16. The van der Waals surface area contributed by atoms with Gasteiger partial charge >= 0.3 is 0 Å². The highest BCUT2D eigenvalue weighted by atomic mass is 35.5. The third-order valence-corrected chi connectivity index (χ3v) is 17.5. The van der Waals surface area contributed by atoms with Crippen LogP contribution in [0.4, 0.5) is 0 Å². The first-order valence-corrected chi connectivity index (χ1v) is 37.4. The number of fused-ring (bicyclic) bond motifs is 5. The van der Waals surface area contributed by atoms with Gasteiger partial charge in [-0.05, 0) is 208 Å². The molecule has 0 saturated carbocycles. The van der Waals surface area contributed by atoms with Gasteiger partial charge in [0.2, 0.25) is 11.8 Å². The Morgan fingerprint density at radius 3 is 1.38 bits per heavy atom. The SMILES string of the molecule is CC.CCl.CSC.CSC.Cc1ccc(C)c2[nH]c(-c3ccncc3)nc12.Cc1ccc(C)c2oc(-c3ccccn3)nc12.Cc1ccc(C)c2oc(-c3ccncc3)nc12.Cc1ccc(C)c2sc(-c3cccs3)nc12.Cc1ccc(C)c2scnc12.c1ccsc1. The van der Waals surface area contributed by atoms with Gasteiger partial charge in [-0.15, -0.1) is 45.6 Å². The summed E-state index contributed by atoms with van der Waals surface area (Å²) in [5.74, 6) is 2.14. The van der Waals surface area contributed by atoms with Crippen molar-refractivity contribution in [3.05, 3.63) is 236 Å². The zero-order chi connectivity index (χ0) is 67.4. The maximum atomic E-state index is 5.83. The van der Waals surface area contributed by atoms with Gasteiger partial charge < -0.3 is 13.8 Å². The number of thiazole rings is 2. The summed E-state index contributed by atoms with van der Waals surface area (Å²) in [6.45, 7) is 24.8. The van der Waals surface area contributed by atoms with E-state index < -0.39 is 0 Å². The Balaban J connectivity index is 0.000000175. The van der Waals surface area contributed by atoms with E-state index in [0.717, 1.165) is 94.2 Å². The van der Waals surface area contributed by atoms with E-state index in [2.05, 4.69) is 165 Å². The van der Waals surface area contributed by atoms with Crippen molar-refractivity contribution in [1.82, 2.24) is 44.9 Å². The zero-order valence-corrected chi connectivity index (χ0v) is 61.7. The summed E-state index contributed by atoms with van der Waals surface area (Å²) in [6, 6.07) is 42.7. The highest BCUT2D eigenvalue weighted by Crippen LogP contribution is 2.36. The van der Waals surface area contributed by atoms with Crippen LogP contribution in [0.1, 0.15) is 69.5 Å². The van der Waals surface area contributed by atoms with Crippen molar-refractivity contribution in [2.45, 2.75) is 83.1 Å². The number of alkyl halides is 1. The van der Waals surface area contributed by atoms with Crippen LogP contribution in [0.3, 0.4) is 0 Å². The fourth-order valence-electron chi connectivity index (χ4n) is 8.94. The number of aromatic nitrogens is 9. The normalized spacial score (nSPS) is 10.1. The molecule has 482 valence electrons. The van der Waals surface area contributed by atoms with E-state index in [4.69, 9.17) is 13.8 Å². The molecule has 0 atom stereocenters. The van der Waals surface area contributed by atoms with Crippen molar-refractivity contribution in [3.63, 3.8) is 0 Å². The smallest absolute Gasteiger partial charge is 0.246 e. The monoisotopic (exact) mass is 1370 g/mol. The van der Waals surface area contributed by atoms with Crippen LogP contribution in [0, 0.1) is 69.2 Å². The van der Waals surface area contributed by atoms with Crippen LogP contribution in [0.2, 0.25) is 0 Å². The number of benzene rings is 5. The largest absolute Gasteiger partial charge is 0.436 e. The number of aryl methyl sites for hydroxylation is 10. The van der Waals surface area contributed by atoms with E-state index >= 15 is 0 Å². The Kier molecular flexibility index (Phi) is 30.6. The lowest BCUT2D eigenvalue weighted by atomic mass is 10.1. The molecule has 11 nitrogen and oxygen atoms in total. The second-order valence-electron chi connectivity index (χ2n) is 20.7. The van der Waals surface area contributed by atoms with Gasteiger partial charge in [-0.3, -0.25) is 15.0 Å². The van der Waals surface area contributed by atoms with Gasteiger partial charge in [0, 0.05) is 48.5 Å². The average Bonchev–Trinajstić information content (AvgIpc) is 1.70. The van der Waals surface area contributed by atoms with Crippen molar-refractivity contribution >= 4 is 134 Å². The van der Waals surface area contributed by atoms with E-state index in [-0.39, 0.29) is 0 Å². The topological polar surface area (TPSA) is 145 Å². The molecule has 10 aromatic heterocycles. The Morgan fingerprint density at radius 1 is 0.409 bits per heavy atom. The van der Waals surface area contributed by atoms with Gasteiger partial charge in [0.25, 0.3) is 0 Å². The Hall–Kier alpha value is -7.87. The molecule has 0 aliphatic rings. The van der Waals surface area contributed by atoms with Crippen LogP contribution in [-0.4, -0.2) is 76.3 Å². The molecule has 0 fully saturated rings. The predicted octanol–water partition coefficient (Wildman–Crippen LogP) is 23.4. The number of pyridine rings is 3. The zero-order valence-electron chi connectivity index (χ0n) is 56.0. The predicted molar refractivity (Wildman–Crippen MR) is 410 cm³/mol. The van der Waals surface area contributed by atoms with Gasteiger partial charge in [-0.1, -0.05) is 98.8 Å².